The van der Waals surface area contributed by atoms with Crippen LogP contribution in [-0.2, 0) is 13.0 Å². The third-order valence-electron chi connectivity index (χ3n) is 4.88. The van der Waals surface area contributed by atoms with E-state index < -0.39 is 0 Å². The van der Waals surface area contributed by atoms with Crippen LogP contribution < -0.4 is 5.56 Å². The van der Waals surface area contributed by atoms with Crippen molar-refractivity contribution < 1.29 is 4.79 Å². The van der Waals surface area contributed by atoms with Gasteiger partial charge in [0.15, 0.2) is 0 Å². The van der Waals surface area contributed by atoms with Crippen LogP contribution in [0.4, 0.5) is 0 Å². The summed E-state index contributed by atoms with van der Waals surface area (Å²) in [4.78, 5) is 33.3. The molecule has 1 amide bonds. The SMILES string of the molecule is Cc1c(C(=O)N(CCC#N)CCC#N)sc2nc3n(c(=O)c12)CCCCC3. The lowest BCUT2D eigenvalue weighted by atomic mass is 10.2. The van der Waals surface area contributed by atoms with Crippen molar-refractivity contribution in [3.05, 3.63) is 26.6 Å². The molecule has 2 aromatic rings. The molecule has 0 N–H and O–H groups in total. The quantitative estimate of drug-likeness (QED) is 0.790. The van der Waals surface area contributed by atoms with Crippen LogP contribution in [0.2, 0.25) is 0 Å². The van der Waals surface area contributed by atoms with Gasteiger partial charge in [0.2, 0.25) is 0 Å². The third-order valence-corrected chi connectivity index (χ3v) is 6.05. The van der Waals surface area contributed by atoms with Crippen molar-refractivity contribution in [2.75, 3.05) is 13.1 Å². The smallest absolute Gasteiger partial charge is 0.264 e. The molecule has 3 rings (SSSR count). The zero-order valence-corrected chi connectivity index (χ0v) is 16.1. The zero-order valence-electron chi connectivity index (χ0n) is 15.3. The first-order valence-corrected chi connectivity index (χ1v) is 9.96. The highest BCUT2D eigenvalue weighted by molar-refractivity contribution is 7.20. The molecule has 0 saturated carbocycles. The molecule has 1 aliphatic heterocycles. The van der Waals surface area contributed by atoms with Gasteiger partial charge in [-0.1, -0.05) is 6.42 Å². The number of rotatable bonds is 5. The van der Waals surface area contributed by atoms with Crippen LogP contribution in [0, 0.1) is 29.6 Å². The molecule has 1 aliphatic rings. The number of aromatic nitrogens is 2. The van der Waals surface area contributed by atoms with E-state index in [1.54, 1.807) is 11.5 Å². The average molecular weight is 383 g/mol. The fraction of sp³-hybridized carbons (Fsp3) is 0.526. The van der Waals surface area contributed by atoms with E-state index in [1.807, 2.05) is 12.1 Å². The molecular weight excluding hydrogens is 362 g/mol. The normalized spacial score (nSPS) is 13.4. The van der Waals surface area contributed by atoms with Gasteiger partial charge in [-0.3, -0.25) is 14.2 Å². The van der Waals surface area contributed by atoms with E-state index in [4.69, 9.17) is 15.5 Å². The lowest BCUT2D eigenvalue weighted by molar-refractivity contribution is 0.0767. The number of hydrogen-bond acceptors (Lipinski definition) is 6. The van der Waals surface area contributed by atoms with Crippen molar-refractivity contribution in [2.45, 2.75) is 52.0 Å². The van der Waals surface area contributed by atoms with Crippen molar-refractivity contribution in [1.82, 2.24) is 14.5 Å². The molecule has 27 heavy (non-hydrogen) atoms. The number of hydrogen-bond donors (Lipinski definition) is 0. The summed E-state index contributed by atoms with van der Waals surface area (Å²) in [6.07, 6.45) is 4.26. The van der Waals surface area contributed by atoms with Crippen LogP contribution in [0.3, 0.4) is 0 Å². The number of amides is 1. The Bertz CT molecular complexity index is 990. The van der Waals surface area contributed by atoms with E-state index in [0.29, 0.717) is 27.2 Å². The summed E-state index contributed by atoms with van der Waals surface area (Å²) in [7, 11) is 0. The Morgan fingerprint density at radius 3 is 2.59 bits per heavy atom. The summed E-state index contributed by atoms with van der Waals surface area (Å²) in [5, 5.41) is 18.2. The molecule has 0 fully saturated rings. The third kappa shape index (κ3) is 3.72. The maximum absolute atomic E-state index is 13.0. The summed E-state index contributed by atoms with van der Waals surface area (Å²) in [5.41, 5.74) is 0.585. The second-order valence-electron chi connectivity index (χ2n) is 6.64. The Hall–Kier alpha value is -2.71. The summed E-state index contributed by atoms with van der Waals surface area (Å²) in [5.74, 6) is 0.566. The van der Waals surface area contributed by atoms with Crippen LogP contribution in [0.1, 0.15) is 53.2 Å². The average Bonchev–Trinajstić information content (AvgIpc) is 2.83. The molecule has 2 aromatic heterocycles. The second kappa shape index (κ2) is 8.32. The molecule has 3 heterocycles. The van der Waals surface area contributed by atoms with Gasteiger partial charge in [-0.05, 0) is 25.3 Å². The van der Waals surface area contributed by atoms with Gasteiger partial charge in [0.1, 0.15) is 10.7 Å². The maximum Gasteiger partial charge on any atom is 0.264 e. The highest BCUT2D eigenvalue weighted by Gasteiger charge is 2.25. The molecule has 0 bridgehead atoms. The van der Waals surface area contributed by atoms with Gasteiger partial charge in [-0.2, -0.15) is 10.5 Å². The number of aryl methyl sites for hydroxylation is 2. The second-order valence-corrected chi connectivity index (χ2v) is 7.64. The molecule has 0 radical (unpaired) electrons. The minimum atomic E-state index is -0.236. The largest absolute Gasteiger partial charge is 0.336 e. The fourth-order valence-electron chi connectivity index (χ4n) is 3.44. The Kier molecular flexibility index (Phi) is 5.88. The lowest BCUT2D eigenvalue weighted by Gasteiger charge is -2.19. The molecule has 0 saturated heterocycles. The maximum atomic E-state index is 13.0. The van der Waals surface area contributed by atoms with Crippen LogP contribution in [0.5, 0.6) is 0 Å². The van der Waals surface area contributed by atoms with Crippen LogP contribution in [0.15, 0.2) is 4.79 Å². The van der Waals surface area contributed by atoms with Crippen molar-refractivity contribution in [1.29, 1.82) is 10.5 Å². The first-order chi connectivity index (χ1) is 13.1. The molecule has 0 spiro atoms. The number of nitriles is 2. The lowest BCUT2D eigenvalue weighted by Crippen LogP contribution is -2.32. The molecule has 0 atom stereocenters. The number of carbonyl (C=O) groups excluding carboxylic acids is 1. The minimum Gasteiger partial charge on any atom is -0.336 e. The van der Waals surface area contributed by atoms with Crippen molar-refractivity contribution in [3.63, 3.8) is 0 Å². The highest BCUT2D eigenvalue weighted by atomic mass is 32.1. The van der Waals surface area contributed by atoms with Gasteiger partial charge in [-0.25, -0.2) is 4.98 Å². The summed E-state index contributed by atoms with van der Waals surface area (Å²) in [6, 6.07) is 4.07. The van der Waals surface area contributed by atoms with Gasteiger partial charge in [-0.15, -0.1) is 11.3 Å². The molecule has 0 aromatic carbocycles. The molecule has 140 valence electrons. The van der Waals surface area contributed by atoms with Crippen molar-refractivity contribution in [3.8, 4) is 12.1 Å². The standard InChI is InChI=1S/C19H21N5O2S/c1-13-15-17(22-14-7-3-2-4-12-24(14)18(15)25)27-16(13)19(26)23(10-5-8-20)11-6-9-21/h2-7,10-12H2,1H3. The summed E-state index contributed by atoms with van der Waals surface area (Å²) in [6.45, 7) is 3.00. The Labute approximate surface area is 161 Å². The van der Waals surface area contributed by atoms with Crippen molar-refractivity contribution in [2.24, 2.45) is 0 Å². The molecule has 0 aliphatic carbocycles. The Morgan fingerprint density at radius 2 is 1.93 bits per heavy atom. The number of nitrogens with zero attached hydrogens (tertiary/aromatic N) is 5. The van der Waals surface area contributed by atoms with Crippen LogP contribution in [0.25, 0.3) is 10.2 Å². The number of thiophene rings is 1. The molecule has 8 heteroatoms. The van der Waals surface area contributed by atoms with Crippen LogP contribution >= 0.6 is 11.3 Å². The molecule has 0 unspecified atom stereocenters. The van der Waals surface area contributed by atoms with E-state index in [9.17, 15) is 9.59 Å². The van der Waals surface area contributed by atoms with E-state index in [0.717, 1.165) is 31.5 Å². The van der Waals surface area contributed by atoms with Gasteiger partial charge in [0, 0.05) is 26.1 Å². The first-order valence-electron chi connectivity index (χ1n) is 9.14. The van der Waals surface area contributed by atoms with Gasteiger partial charge in [0.25, 0.3) is 11.5 Å². The van der Waals surface area contributed by atoms with Crippen LogP contribution in [-0.4, -0.2) is 33.4 Å². The van der Waals surface area contributed by atoms with Gasteiger partial charge >= 0.3 is 0 Å². The Morgan fingerprint density at radius 1 is 1.22 bits per heavy atom. The monoisotopic (exact) mass is 383 g/mol. The van der Waals surface area contributed by atoms with E-state index >= 15 is 0 Å². The van der Waals surface area contributed by atoms with Crippen molar-refractivity contribution >= 4 is 27.5 Å². The van der Waals surface area contributed by atoms with Gasteiger partial charge in [0.05, 0.1) is 35.2 Å². The molecule has 7 nitrogen and oxygen atoms in total. The topological polar surface area (TPSA) is 103 Å². The van der Waals surface area contributed by atoms with Gasteiger partial charge < -0.3 is 4.90 Å². The fourth-order valence-corrected chi connectivity index (χ4v) is 4.60. The van der Waals surface area contributed by atoms with E-state index in [-0.39, 0.29) is 37.4 Å². The van der Waals surface area contributed by atoms with E-state index in [2.05, 4.69) is 0 Å². The summed E-state index contributed by atoms with van der Waals surface area (Å²) < 4.78 is 1.76. The Balaban J connectivity index is 2.04. The summed E-state index contributed by atoms with van der Waals surface area (Å²) >= 11 is 1.24. The predicted molar refractivity (Wildman–Crippen MR) is 103 cm³/mol. The minimum absolute atomic E-state index is 0.0645. The zero-order chi connectivity index (χ0) is 19.4. The van der Waals surface area contributed by atoms with E-state index in [1.165, 1.54) is 16.2 Å². The highest BCUT2D eigenvalue weighted by Crippen LogP contribution is 2.29. The molecular formula is C19H21N5O2S. The number of carbonyl (C=O) groups is 1. The first kappa shape index (κ1) is 19.1. The number of fused-ring (bicyclic) bond motifs is 2. The predicted octanol–water partition coefficient (Wildman–Crippen LogP) is 2.76.